The van der Waals surface area contributed by atoms with Crippen LogP contribution in [0, 0.1) is 16.7 Å². The molecule has 3 heteroatoms. The van der Waals surface area contributed by atoms with E-state index < -0.39 is 11.5 Å². The Bertz CT molecular complexity index is 456. The molecular weight excluding hydrogens is 238 g/mol. The quantitative estimate of drug-likeness (QED) is 0.844. The van der Waals surface area contributed by atoms with Gasteiger partial charge in [0.15, 0.2) is 0 Å². The normalized spacial score (nSPS) is 20.1. The summed E-state index contributed by atoms with van der Waals surface area (Å²) in [5, 5.41) is 20.3. The Morgan fingerprint density at radius 1 is 1.21 bits per heavy atom. The Hall–Kier alpha value is -1.53. The maximum Gasteiger partial charge on any atom is 0.124 e. The maximum atomic E-state index is 10.7. The van der Waals surface area contributed by atoms with E-state index in [1.54, 1.807) is 7.11 Å². The molecule has 1 aromatic carbocycles. The zero-order chi connectivity index (χ0) is 13.7. The fourth-order valence-corrected chi connectivity index (χ4v) is 3.00. The van der Waals surface area contributed by atoms with Crippen LogP contribution in [0.25, 0.3) is 0 Å². The van der Waals surface area contributed by atoms with Gasteiger partial charge < -0.3 is 9.84 Å². The van der Waals surface area contributed by atoms with Crippen LogP contribution in [-0.2, 0) is 0 Å². The monoisotopic (exact) mass is 259 g/mol. The lowest BCUT2D eigenvalue weighted by Crippen LogP contribution is -2.27. The summed E-state index contributed by atoms with van der Waals surface area (Å²) in [6.07, 6.45) is 5.10. The molecule has 1 aromatic rings. The fraction of sp³-hybridized carbons (Fsp3) is 0.562. The third kappa shape index (κ3) is 2.74. The predicted molar refractivity (Wildman–Crippen MR) is 73.7 cm³/mol. The van der Waals surface area contributed by atoms with Crippen LogP contribution in [0.5, 0.6) is 5.75 Å². The van der Waals surface area contributed by atoms with Gasteiger partial charge in [-0.3, -0.25) is 0 Å². The number of ether oxygens (including phenoxy) is 1. The van der Waals surface area contributed by atoms with E-state index in [2.05, 4.69) is 6.07 Å². The van der Waals surface area contributed by atoms with Gasteiger partial charge in [-0.15, -0.1) is 0 Å². The molecule has 1 N–H and O–H groups in total. The Balaban J connectivity index is 2.34. The van der Waals surface area contributed by atoms with Crippen LogP contribution in [-0.4, -0.2) is 12.2 Å². The van der Waals surface area contributed by atoms with Gasteiger partial charge in [-0.05, 0) is 18.9 Å². The van der Waals surface area contributed by atoms with Crippen LogP contribution in [0.2, 0.25) is 0 Å². The molecule has 0 saturated heterocycles. The van der Waals surface area contributed by atoms with Crippen molar-refractivity contribution in [1.29, 1.82) is 5.26 Å². The minimum absolute atomic E-state index is 0.661. The summed E-state index contributed by atoms with van der Waals surface area (Å²) in [6, 6.07) is 9.84. The van der Waals surface area contributed by atoms with Crippen LogP contribution < -0.4 is 4.74 Å². The lowest BCUT2D eigenvalue weighted by Gasteiger charge is -2.31. The van der Waals surface area contributed by atoms with Crippen LogP contribution in [0.4, 0.5) is 0 Å². The molecule has 19 heavy (non-hydrogen) atoms. The highest BCUT2D eigenvalue weighted by Gasteiger charge is 2.40. The Morgan fingerprint density at radius 3 is 2.42 bits per heavy atom. The third-order valence-corrected chi connectivity index (χ3v) is 4.18. The largest absolute Gasteiger partial charge is 0.496 e. The second-order valence-electron chi connectivity index (χ2n) is 5.33. The lowest BCUT2D eigenvalue weighted by molar-refractivity contribution is 0.0496. The van der Waals surface area contributed by atoms with E-state index in [1.807, 2.05) is 24.3 Å². The van der Waals surface area contributed by atoms with Crippen LogP contribution in [0.15, 0.2) is 24.3 Å². The van der Waals surface area contributed by atoms with Crippen molar-refractivity contribution in [2.24, 2.45) is 5.41 Å². The van der Waals surface area contributed by atoms with Crippen molar-refractivity contribution in [2.45, 2.75) is 44.6 Å². The average molecular weight is 259 g/mol. The molecule has 0 radical (unpaired) electrons. The summed E-state index contributed by atoms with van der Waals surface area (Å²) >= 11 is 0. The van der Waals surface area contributed by atoms with Gasteiger partial charge in [0, 0.05) is 5.56 Å². The summed E-state index contributed by atoms with van der Waals surface area (Å²) in [6.45, 7) is 0. The molecule has 0 aromatic heterocycles. The summed E-state index contributed by atoms with van der Waals surface area (Å²) in [5.74, 6) is 0.661. The topological polar surface area (TPSA) is 53.2 Å². The Morgan fingerprint density at radius 2 is 1.84 bits per heavy atom. The first-order chi connectivity index (χ1) is 9.23. The highest BCUT2D eigenvalue weighted by Crippen LogP contribution is 2.46. The smallest absolute Gasteiger partial charge is 0.124 e. The van der Waals surface area contributed by atoms with Crippen molar-refractivity contribution in [3.63, 3.8) is 0 Å². The number of methoxy groups -OCH3 is 1. The SMILES string of the molecule is COc1ccccc1C(O)C1(C#N)CCCCCC1. The van der Waals surface area contributed by atoms with E-state index in [0.29, 0.717) is 5.75 Å². The molecule has 1 saturated carbocycles. The number of hydrogen-bond acceptors (Lipinski definition) is 3. The summed E-state index contributed by atoms with van der Waals surface area (Å²) in [4.78, 5) is 0. The minimum atomic E-state index is -0.772. The second kappa shape index (κ2) is 6.08. The summed E-state index contributed by atoms with van der Waals surface area (Å²) in [5.41, 5.74) is 0.0685. The molecular formula is C16H21NO2. The van der Waals surface area contributed by atoms with E-state index >= 15 is 0 Å². The molecule has 102 valence electrons. The van der Waals surface area contributed by atoms with Crippen molar-refractivity contribution in [1.82, 2.24) is 0 Å². The molecule has 1 unspecified atom stereocenters. The van der Waals surface area contributed by atoms with E-state index in [4.69, 9.17) is 4.74 Å². The molecule has 0 spiro atoms. The molecule has 2 rings (SSSR count). The zero-order valence-electron chi connectivity index (χ0n) is 11.4. The van der Waals surface area contributed by atoms with Crippen LogP contribution in [0.1, 0.15) is 50.2 Å². The predicted octanol–water partition coefficient (Wildman–Crippen LogP) is 3.59. The van der Waals surface area contributed by atoms with E-state index in [1.165, 1.54) is 0 Å². The van der Waals surface area contributed by atoms with E-state index in [9.17, 15) is 10.4 Å². The van der Waals surface area contributed by atoms with Gasteiger partial charge in [0.1, 0.15) is 11.9 Å². The van der Waals surface area contributed by atoms with Crippen LogP contribution in [0.3, 0.4) is 0 Å². The second-order valence-corrected chi connectivity index (χ2v) is 5.33. The van der Waals surface area contributed by atoms with Crippen molar-refractivity contribution in [2.75, 3.05) is 7.11 Å². The van der Waals surface area contributed by atoms with Gasteiger partial charge in [-0.2, -0.15) is 5.26 Å². The molecule has 1 aliphatic carbocycles. The third-order valence-electron chi connectivity index (χ3n) is 4.18. The van der Waals surface area contributed by atoms with Gasteiger partial charge >= 0.3 is 0 Å². The van der Waals surface area contributed by atoms with Gasteiger partial charge in [-0.25, -0.2) is 0 Å². The average Bonchev–Trinajstić information content (AvgIpc) is 2.72. The fourth-order valence-electron chi connectivity index (χ4n) is 3.00. The van der Waals surface area contributed by atoms with Gasteiger partial charge in [0.05, 0.1) is 18.6 Å². The number of rotatable bonds is 3. The first kappa shape index (κ1) is 13.9. The first-order valence-electron chi connectivity index (χ1n) is 6.96. The summed E-state index contributed by atoms with van der Waals surface area (Å²) < 4.78 is 5.31. The molecule has 0 aliphatic heterocycles. The van der Waals surface area contributed by atoms with Crippen molar-refractivity contribution >= 4 is 0 Å². The number of aliphatic hydroxyl groups is 1. The Kier molecular flexibility index (Phi) is 4.44. The minimum Gasteiger partial charge on any atom is -0.496 e. The zero-order valence-corrected chi connectivity index (χ0v) is 11.4. The molecule has 1 atom stereocenters. The van der Waals surface area contributed by atoms with E-state index in [0.717, 1.165) is 44.1 Å². The molecule has 3 nitrogen and oxygen atoms in total. The van der Waals surface area contributed by atoms with Crippen molar-refractivity contribution < 1.29 is 9.84 Å². The van der Waals surface area contributed by atoms with Gasteiger partial charge in [0.25, 0.3) is 0 Å². The lowest BCUT2D eigenvalue weighted by atomic mass is 9.74. The first-order valence-corrected chi connectivity index (χ1v) is 6.96. The number of para-hydroxylation sites is 1. The van der Waals surface area contributed by atoms with Gasteiger partial charge in [0.2, 0.25) is 0 Å². The number of hydrogen-bond donors (Lipinski definition) is 1. The Labute approximate surface area is 114 Å². The molecule has 1 fully saturated rings. The summed E-state index contributed by atoms with van der Waals surface area (Å²) in [7, 11) is 1.59. The maximum absolute atomic E-state index is 10.7. The molecule has 0 heterocycles. The standard InChI is InChI=1S/C16H21NO2/c1-19-14-9-5-4-8-13(14)15(18)16(12-17)10-6-2-3-7-11-16/h4-5,8-9,15,18H,2-3,6-7,10-11H2,1H3. The number of benzene rings is 1. The molecule has 0 amide bonds. The van der Waals surface area contributed by atoms with Crippen LogP contribution >= 0.6 is 0 Å². The van der Waals surface area contributed by atoms with E-state index in [-0.39, 0.29) is 0 Å². The highest BCUT2D eigenvalue weighted by atomic mass is 16.5. The van der Waals surface area contributed by atoms with Crippen molar-refractivity contribution in [3.8, 4) is 11.8 Å². The number of aliphatic hydroxyl groups excluding tert-OH is 1. The molecule has 0 bridgehead atoms. The van der Waals surface area contributed by atoms with Gasteiger partial charge in [-0.1, -0.05) is 43.9 Å². The number of nitriles is 1. The van der Waals surface area contributed by atoms with Crippen molar-refractivity contribution in [3.05, 3.63) is 29.8 Å². The number of nitrogens with zero attached hydrogens (tertiary/aromatic N) is 1. The highest BCUT2D eigenvalue weighted by molar-refractivity contribution is 5.37. The molecule has 1 aliphatic rings.